The Bertz CT molecular complexity index is 59.1. The second-order valence-corrected chi connectivity index (χ2v) is 24.5. The fourth-order valence-corrected chi connectivity index (χ4v) is 3.80. The van der Waals surface area contributed by atoms with E-state index in [1.54, 1.807) is 0 Å². The summed E-state index contributed by atoms with van der Waals surface area (Å²) in [5, 5.41) is 0. The van der Waals surface area contributed by atoms with E-state index in [2.05, 4.69) is 26.1 Å². The van der Waals surface area contributed by atoms with E-state index in [4.69, 9.17) is 0 Å². The maximum atomic E-state index is 3.70. The molecule has 0 spiro atoms. The Morgan fingerprint density at radius 2 is 1.86 bits per heavy atom. The average Bonchev–Trinajstić information content (AvgIpc) is 1.30. The van der Waals surface area contributed by atoms with Gasteiger partial charge in [-0.05, 0) is 0 Å². The van der Waals surface area contributed by atoms with Gasteiger partial charge in [-0.2, -0.15) is 0 Å². The van der Waals surface area contributed by atoms with E-state index >= 15 is 0 Å². The summed E-state index contributed by atoms with van der Waals surface area (Å²) in [6.07, 6.45) is 2.06. The van der Waals surface area contributed by atoms with Crippen molar-refractivity contribution in [3.05, 3.63) is 12.7 Å². The number of hydrogen-bond acceptors (Lipinski definition) is 0. The zero-order valence-electron chi connectivity index (χ0n) is 5.49. The minimum atomic E-state index is -1.50. The third-order valence-corrected chi connectivity index (χ3v) is 6.64. The van der Waals surface area contributed by atoms with Gasteiger partial charge in [0, 0.05) is 0 Å². The van der Waals surface area contributed by atoms with Crippen molar-refractivity contribution in [1.29, 1.82) is 0 Å². The molecule has 0 atom stereocenters. The van der Waals surface area contributed by atoms with Gasteiger partial charge in [-0.3, -0.25) is 0 Å². The molecule has 0 fully saturated rings. The molecule has 0 aromatic heterocycles. The molecule has 0 N–H and O–H groups in total. The standard InChI is InChI=1S/C3H5.3CH3.Pb/c1-3-2;;;;/h3H,1-2H2;3*1H3;. The number of rotatable bonds is 2. The van der Waals surface area contributed by atoms with Crippen molar-refractivity contribution in [3.8, 4) is 0 Å². The summed E-state index contributed by atoms with van der Waals surface area (Å²) in [5.41, 5.74) is 0. The molecule has 0 bridgehead atoms. The molecule has 0 aliphatic rings. The maximum absolute atomic E-state index is 3.70. The molecule has 0 saturated heterocycles. The van der Waals surface area contributed by atoms with Crippen LogP contribution in [0.3, 0.4) is 0 Å². The zero-order chi connectivity index (χ0) is 5.91. The molecule has 0 unspecified atom stereocenters. The molecule has 42 valence electrons. The van der Waals surface area contributed by atoms with E-state index in [1.165, 1.54) is 3.98 Å². The van der Waals surface area contributed by atoms with Crippen LogP contribution in [0.15, 0.2) is 12.7 Å². The summed E-state index contributed by atoms with van der Waals surface area (Å²) in [7, 11) is 0. The average molecular weight is 293 g/mol. The zero-order valence-corrected chi connectivity index (χ0v) is 9.38. The first-order valence-electron chi connectivity index (χ1n) is 2.67. The van der Waals surface area contributed by atoms with Crippen molar-refractivity contribution in [2.75, 3.05) is 0 Å². The Hall–Kier alpha value is 0.662. The Labute approximate surface area is 51.3 Å². The predicted octanol–water partition coefficient (Wildman–Crippen LogP) is 2.51. The molecule has 0 aliphatic carbocycles. The van der Waals surface area contributed by atoms with Crippen LogP contribution in [0.25, 0.3) is 0 Å². The summed E-state index contributed by atoms with van der Waals surface area (Å²) in [4.78, 5) is 0. The third-order valence-electron chi connectivity index (χ3n) is 0.757. The van der Waals surface area contributed by atoms with Gasteiger partial charge in [0.1, 0.15) is 0 Å². The van der Waals surface area contributed by atoms with Crippen molar-refractivity contribution in [3.63, 3.8) is 0 Å². The molecular weight excluding hydrogens is 279 g/mol. The quantitative estimate of drug-likeness (QED) is 0.542. The van der Waals surface area contributed by atoms with E-state index < -0.39 is 21.2 Å². The van der Waals surface area contributed by atoms with Crippen LogP contribution < -0.4 is 0 Å². The normalized spacial score (nSPS) is 11.3. The molecule has 7 heavy (non-hydrogen) atoms. The second-order valence-electron chi connectivity index (χ2n) is 3.05. The fourth-order valence-electron chi connectivity index (χ4n) is 0.433. The molecule has 0 rings (SSSR count). The SMILES string of the molecule is C=C[CH2][Pb]([CH3])([CH3])[CH3]. The molecule has 0 radical (unpaired) electrons. The van der Waals surface area contributed by atoms with Crippen LogP contribution in [0.5, 0.6) is 0 Å². The van der Waals surface area contributed by atoms with Gasteiger partial charge in [0.2, 0.25) is 0 Å². The van der Waals surface area contributed by atoms with Crippen molar-refractivity contribution in [2.24, 2.45) is 0 Å². The summed E-state index contributed by atoms with van der Waals surface area (Å²) >= 11 is -1.50. The monoisotopic (exact) mass is 294 g/mol. The van der Waals surface area contributed by atoms with Crippen LogP contribution in [-0.4, -0.2) is 21.2 Å². The van der Waals surface area contributed by atoms with Crippen LogP contribution >= 0.6 is 0 Å². The number of hydrogen-bond donors (Lipinski definition) is 0. The summed E-state index contributed by atoms with van der Waals surface area (Å²) in [5.74, 6) is 0. The summed E-state index contributed by atoms with van der Waals surface area (Å²) < 4.78 is 8.60. The molecule has 0 aromatic rings. The van der Waals surface area contributed by atoms with Crippen LogP contribution in [-0.2, 0) is 0 Å². The van der Waals surface area contributed by atoms with Crippen LogP contribution in [0, 0.1) is 0 Å². The first kappa shape index (κ1) is 7.66. The first-order chi connectivity index (χ1) is 3.06. The van der Waals surface area contributed by atoms with Gasteiger partial charge in [0.25, 0.3) is 0 Å². The van der Waals surface area contributed by atoms with Gasteiger partial charge >= 0.3 is 51.3 Å². The summed E-state index contributed by atoms with van der Waals surface area (Å²) in [6, 6.07) is 0. The van der Waals surface area contributed by atoms with Gasteiger partial charge in [0.15, 0.2) is 0 Å². The third kappa shape index (κ3) is 6.66. The van der Waals surface area contributed by atoms with Crippen molar-refractivity contribution in [2.45, 2.75) is 17.4 Å². The molecule has 0 nitrogen and oxygen atoms in total. The predicted molar refractivity (Wildman–Crippen MR) is 38.4 cm³/mol. The van der Waals surface area contributed by atoms with Crippen molar-refractivity contribution < 1.29 is 0 Å². The van der Waals surface area contributed by atoms with E-state index in [0.29, 0.717) is 0 Å². The molecule has 0 heterocycles. The van der Waals surface area contributed by atoms with E-state index in [1.807, 2.05) is 0 Å². The Balaban J connectivity index is 3.34. The fraction of sp³-hybridized carbons (Fsp3) is 0.667. The van der Waals surface area contributed by atoms with Gasteiger partial charge in [-0.25, -0.2) is 0 Å². The molecule has 0 amide bonds. The second kappa shape index (κ2) is 2.85. The Morgan fingerprint density at radius 3 is 1.86 bits per heavy atom. The van der Waals surface area contributed by atoms with E-state index in [0.717, 1.165) is 0 Å². The van der Waals surface area contributed by atoms with E-state index in [9.17, 15) is 0 Å². The van der Waals surface area contributed by atoms with Crippen LogP contribution in [0.1, 0.15) is 0 Å². The number of allylic oxidation sites excluding steroid dienone is 1. The Morgan fingerprint density at radius 1 is 1.43 bits per heavy atom. The molecule has 0 saturated carbocycles. The Kier molecular flexibility index (Phi) is 3.12. The minimum absolute atomic E-state index is 1.33. The van der Waals surface area contributed by atoms with Gasteiger partial charge < -0.3 is 0 Å². The van der Waals surface area contributed by atoms with Crippen LogP contribution in [0.2, 0.25) is 17.4 Å². The molecule has 1 heteroatoms. The van der Waals surface area contributed by atoms with Crippen LogP contribution in [0.4, 0.5) is 0 Å². The summed E-state index contributed by atoms with van der Waals surface area (Å²) in [6.45, 7) is 3.70. The van der Waals surface area contributed by atoms with Gasteiger partial charge in [-0.15, -0.1) is 0 Å². The van der Waals surface area contributed by atoms with Crippen molar-refractivity contribution in [1.82, 2.24) is 0 Å². The van der Waals surface area contributed by atoms with E-state index in [-0.39, 0.29) is 0 Å². The molecular formula is C6H14Pb. The molecule has 0 aromatic carbocycles. The van der Waals surface area contributed by atoms with Gasteiger partial charge in [0.05, 0.1) is 0 Å². The van der Waals surface area contributed by atoms with Crippen molar-refractivity contribution >= 4 is 21.2 Å². The first-order valence-corrected chi connectivity index (χ1v) is 17.1. The van der Waals surface area contributed by atoms with Gasteiger partial charge in [-0.1, -0.05) is 0 Å². The topological polar surface area (TPSA) is 0 Å². The molecule has 0 aliphatic heterocycles.